The fourth-order valence-electron chi connectivity index (χ4n) is 2.37. The number of nitrogens with one attached hydrogen (secondary N) is 1. The summed E-state index contributed by atoms with van der Waals surface area (Å²) in [6, 6.07) is -0.0508. The number of amides is 1. The summed E-state index contributed by atoms with van der Waals surface area (Å²) in [7, 11) is 0. The minimum absolute atomic E-state index is 0.0508. The Morgan fingerprint density at radius 2 is 2.26 bits per heavy atom. The molecule has 19 heavy (non-hydrogen) atoms. The maximum Gasteiger partial charge on any atom is 0.306 e. The number of hydrogen-bond donors (Lipinski definition) is 2. The summed E-state index contributed by atoms with van der Waals surface area (Å²) in [5, 5.41) is 15.8. The van der Waals surface area contributed by atoms with Gasteiger partial charge in [-0.15, -0.1) is 5.10 Å². The predicted molar refractivity (Wildman–Crippen MR) is 70.1 cm³/mol. The summed E-state index contributed by atoms with van der Waals surface area (Å²) < 4.78 is 3.82. The Morgan fingerprint density at radius 3 is 2.89 bits per heavy atom. The molecular formula is C12H17N3O3S. The first-order valence-corrected chi connectivity index (χ1v) is 7.24. The van der Waals surface area contributed by atoms with Gasteiger partial charge in [-0.1, -0.05) is 17.8 Å². The summed E-state index contributed by atoms with van der Waals surface area (Å²) >= 11 is 1.10. The van der Waals surface area contributed by atoms with Crippen LogP contribution in [-0.4, -0.2) is 32.6 Å². The van der Waals surface area contributed by atoms with Crippen LogP contribution in [0.4, 0.5) is 0 Å². The number of carboxylic acids is 1. The van der Waals surface area contributed by atoms with Gasteiger partial charge >= 0.3 is 5.97 Å². The van der Waals surface area contributed by atoms with Gasteiger partial charge in [-0.3, -0.25) is 9.59 Å². The lowest BCUT2D eigenvalue weighted by atomic mass is 10.1. The van der Waals surface area contributed by atoms with E-state index in [9.17, 15) is 9.59 Å². The van der Waals surface area contributed by atoms with E-state index in [1.54, 1.807) is 0 Å². The molecule has 0 saturated heterocycles. The van der Waals surface area contributed by atoms with E-state index in [4.69, 9.17) is 5.11 Å². The van der Waals surface area contributed by atoms with E-state index in [1.165, 1.54) is 0 Å². The average molecular weight is 283 g/mol. The quantitative estimate of drug-likeness (QED) is 0.853. The number of aryl methyl sites for hydroxylation is 1. The first kappa shape index (κ1) is 13.9. The van der Waals surface area contributed by atoms with Gasteiger partial charge in [-0.2, -0.15) is 0 Å². The predicted octanol–water partition coefficient (Wildman–Crippen LogP) is 1.47. The third-order valence-electron chi connectivity index (χ3n) is 3.37. The number of aromatic nitrogens is 2. The van der Waals surface area contributed by atoms with E-state index in [-0.39, 0.29) is 17.9 Å². The van der Waals surface area contributed by atoms with Crippen LogP contribution in [0.15, 0.2) is 0 Å². The molecular weight excluding hydrogens is 266 g/mol. The zero-order valence-electron chi connectivity index (χ0n) is 10.8. The topological polar surface area (TPSA) is 92.2 Å². The molecule has 2 atom stereocenters. The first-order chi connectivity index (χ1) is 9.11. The molecule has 1 aliphatic carbocycles. The zero-order chi connectivity index (χ0) is 13.8. The molecule has 6 nitrogen and oxygen atoms in total. The Labute approximate surface area is 115 Å². The number of carbonyl (C=O) groups is 2. The molecule has 0 aliphatic heterocycles. The Bertz CT molecular complexity index is 475. The first-order valence-electron chi connectivity index (χ1n) is 6.46. The van der Waals surface area contributed by atoms with Crippen LogP contribution in [0.2, 0.25) is 0 Å². The zero-order valence-corrected chi connectivity index (χ0v) is 11.6. The molecule has 2 N–H and O–H groups in total. The van der Waals surface area contributed by atoms with Crippen LogP contribution in [0.1, 0.15) is 48.0 Å². The standard InChI is InChI=1S/C12H17N3O3S/c1-2-3-9-10(19-15-14-9)11(16)13-8-5-4-7(6-8)12(17)18/h7-8H,2-6H2,1H3,(H,13,16)(H,17,18). The molecule has 1 aliphatic rings. The van der Waals surface area contributed by atoms with E-state index < -0.39 is 5.97 Å². The maximum atomic E-state index is 12.1. The van der Waals surface area contributed by atoms with Crippen molar-refractivity contribution in [1.82, 2.24) is 14.9 Å². The van der Waals surface area contributed by atoms with E-state index in [2.05, 4.69) is 14.9 Å². The Hall–Kier alpha value is -1.50. The van der Waals surface area contributed by atoms with Gasteiger partial charge in [0.15, 0.2) is 0 Å². The Kier molecular flexibility index (Phi) is 4.47. The van der Waals surface area contributed by atoms with Crippen LogP contribution < -0.4 is 5.32 Å². The van der Waals surface area contributed by atoms with Gasteiger partial charge < -0.3 is 10.4 Å². The highest BCUT2D eigenvalue weighted by Crippen LogP contribution is 2.26. The largest absolute Gasteiger partial charge is 0.481 e. The van der Waals surface area contributed by atoms with Gasteiger partial charge in [0, 0.05) is 6.04 Å². The summed E-state index contributed by atoms with van der Waals surface area (Å²) in [4.78, 5) is 23.5. The second kappa shape index (κ2) is 6.10. The lowest BCUT2D eigenvalue weighted by molar-refractivity contribution is -0.141. The number of nitrogens with zero attached hydrogens (tertiary/aromatic N) is 2. The highest BCUT2D eigenvalue weighted by atomic mass is 32.1. The molecule has 2 rings (SSSR count). The van der Waals surface area contributed by atoms with Crippen LogP contribution in [0.5, 0.6) is 0 Å². The third-order valence-corrected chi connectivity index (χ3v) is 4.13. The molecule has 1 saturated carbocycles. The monoisotopic (exact) mass is 283 g/mol. The molecule has 1 heterocycles. The number of aliphatic carboxylic acids is 1. The van der Waals surface area contributed by atoms with Crippen LogP contribution in [-0.2, 0) is 11.2 Å². The van der Waals surface area contributed by atoms with Gasteiger partial charge in [0.1, 0.15) is 4.88 Å². The lowest BCUT2D eigenvalue weighted by Crippen LogP contribution is -2.33. The van der Waals surface area contributed by atoms with Crippen molar-refractivity contribution in [2.75, 3.05) is 0 Å². The molecule has 1 aromatic heterocycles. The van der Waals surface area contributed by atoms with Gasteiger partial charge in [0.25, 0.3) is 5.91 Å². The van der Waals surface area contributed by atoms with Crippen molar-refractivity contribution in [1.29, 1.82) is 0 Å². The molecule has 104 valence electrons. The Balaban J connectivity index is 1.94. The molecule has 0 bridgehead atoms. The number of rotatable bonds is 5. The third kappa shape index (κ3) is 3.28. The Morgan fingerprint density at radius 1 is 1.47 bits per heavy atom. The SMILES string of the molecule is CCCc1nnsc1C(=O)NC1CCC(C(=O)O)C1. The van der Waals surface area contributed by atoms with Crippen LogP contribution in [0.25, 0.3) is 0 Å². The average Bonchev–Trinajstić information content (AvgIpc) is 2.98. The summed E-state index contributed by atoms with van der Waals surface area (Å²) in [5.41, 5.74) is 0.734. The van der Waals surface area contributed by atoms with E-state index in [1.807, 2.05) is 6.92 Å². The summed E-state index contributed by atoms with van der Waals surface area (Å²) in [6.07, 6.45) is 3.51. The number of hydrogen-bond acceptors (Lipinski definition) is 5. The van der Waals surface area contributed by atoms with E-state index >= 15 is 0 Å². The van der Waals surface area contributed by atoms with Crippen molar-refractivity contribution in [2.45, 2.75) is 45.1 Å². The van der Waals surface area contributed by atoms with Crippen molar-refractivity contribution < 1.29 is 14.7 Å². The molecule has 1 amide bonds. The molecule has 0 spiro atoms. The number of carboxylic acid groups (broad SMARTS) is 1. The lowest BCUT2D eigenvalue weighted by Gasteiger charge is -2.11. The van der Waals surface area contributed by atoms with Gasteiger partial charge in [-0.05, 0) is 37.2 Å². The van der Waals surface area contributed by atoms with Crippen molar-refractivity contribution in [3.8, 4) is 0 Å². The second-order valence-electron chi connectivity index (χ2n) is 4.82. The van der Waals surface area contributed by atoms with Crippen molar-refractivity contribution in [3.05, 3.63) is 10.6 Å². The fraction of sp³-hybridized carbons (Fsp3) is 0.667. The second-order valence-corrected chi connectivity index (χ2v) is 5.57. The van der Waals surface area contributed by atoms with E-state index in [0.29, 0.717) is 17.7 Å². The minimum atomic E-state index is -0.775. The van der Waals surface area contributed by atoms with Crippen molar-refractivity contribution in [3.63, 3.8) is 0 Å². The molecule has 1 aromatic rings. The van der Waals surface area contributed by atoms with Gasteiger partial charge in [0.2, 0.25) is 0 Å². The summed E-state index contributed by atoms with van der Waals surface area (Å²) in [5.74, 6) is -1.28. The normalized spacial score (nSPS) is 22.4. The highest BCUT2D eigenvalue weighted by molar-refractivity contribution is 7.08. The van der Waals surface area contributed by atoms with Crippen LogP contribution >= 0.6 is 11.5 Å². The van der Waals surface area contributed by atoms with E-state index in [0.717, 1.165) is 36.5 Å². The van der Waals surface area contributed by atoms with Gasteiger partial charge in [0.05, 0.1) is 11.6 Å². The minimum Gasteiger partial charge on any atom is -0.481 e. The van der Waals surface area contributed by atoms with Crippen molar-refractivity contribution in [2.24, 2.45) is 5.92 Å². The molecule has 1 fully saturated rings. The molecule has 0 aromatic carbocycles. The molecule has 0 radical (unpaired) electrons. The van der Waals surface area contributed by atoms with Gasteiger partial charge in [-0.25, -0.2) is 0 Å². The fourth-order valence-corrected chi connectivity index (χ4v) is 2.98. The van der Waals surface area contributed by atoms with Crippen LogP contribution in [0, 0.1) is 5.92 Å². The highest BCUT2D eigenvalue weighted by Gasteiger charge is 2.31. The molecule has 2 unspecified atom stereocenters. The maximum absolute atomic E-state index is 12.1. The summed E-state index contributed by atoms with van der Waals surface area (Å²) in [6.45, 7) is 2.02. The molecule has 7 heteroatoms. The smallest absolute Gasteiger partial charge is 0.306 e. The van der Waals surface area contributed by atoms with Crippen molar-refractivity contribution >= 4 is 23.4 Å². The van der Waals surface area contributed by atoms with Crippen LogP contribution in [0.3, 0.4) is 0 Å². The number of carbonyl (C=O) groups excluding carboxylic acids is 1.